The Labute approximate surface area is 133 Å². The number of nitrogens with two attached hydrogens (primary N) is 1. The fourth-order valence-corrected chi connectivity index (χ4v) is 3.29. The zero-order chi connectivity index (χ0) is 14.4. The van der Waals surface area contributed by atoms with Crippen LogP contribution in [0.2, 0.25) is 0 Å². The quantitative estimate of drug-likeness (QED) is 0.852. The molecule has 2 amide bonds. The van der Waals surface area contributed by atoms with Crippen LogP contribution in [-0.2, 0) is 9.59 Å². The Balaban J connectivity index is 0.00000220. The number of rotatable bonds is 4. The largest absolute Gasteiger partial charge is 0.341 e. The first-order chi connectivity index (χ1) is 9.70. The zero-order valence-corrected chi connectivity index (χ0v) is 13.6. The summed E-state index contributed by atoms with van der Waals surface area (Å²) in [6.07, 6.45) is 6.97. The van der Waals surface area contributed by atoms with Crippen molar-refractivity contribution in [1.29, 1.82) is 0 Å². The normalized spacial score (nSPS) is 20.0. The molecule has 0 aromatic heterocycles. The fourth-order valence-electron chi connectivity index (χ4n) is 3.29. The summed E-state index contributed by atoms with van der Waals surface area (Å²) in [5.41, 5.74) is 5.43. The minimum absolute atomic E-state index is 0. The molecule has 1 heterocycles. The van der Waals surface area contributed by atoms with Gasteiger partial charge in [0, 0.05) is 45.6 Å². The van der Waals surface area contributed by atoms with Crippen LogP contribution in [0.15, 0.2) is 0 Å². The first-order valence-corrected chi connectivity index (χ1v) is 7.96. The van der Waals surface area contributed by atoms with Crippen LogP contribution in [0.5, 0.6) is 0 Å². The van der Waals surface area contributed by atoms with Crippen LogP contribution in [0.25, 0.3) is 0 Å². The van der Waals surface area contributed by atoms with E-state index in [1.54, 1.807) is 0 Å². The standard InChI is InChI=1S/C15H27N3O2.ClH/c16-7-6-14(19)17-8-3-9-18(11-10-17)15(20)12-13-4-1-2-5-13;/h13H,1-12,16H2;1H. The third kappa shape index (κ3) is 5.47. The SMILES string of the molecule is Cl.NCCC(=O)N1CCCN(C(=O)CC2CCCC2)CC1. The molecule has 2 fully saturated rings. The van der Waals surface area contributed by atoms with Gasteiger partial charge in [0.15, 0.2) is 0 Å². The highest BCUT2D eigenvalue weighted by molar-refractivity contribution is 5.85. The molecule has 21 heavy (non-hydrogen) atoms. The van der Waals surface area contributed by atoms with Crippen molar-refractivity contribution in [3.05, 3.63) is 0 Å². The van der Waals surface area contributed by atoms with Crippen LogP contribution in [0, 0.1) is 5.92 Å². The maximum Gasteiger partial charge on any atom is 0.223 e. The topological polar surface area (TPSA) is 66.6 Å². The highest BCUT2D eigenvalue weighted by Gasteiger charge is 2.24. The third-order valence-electron chi connectivity index (χ3n) is 4.50. The molecule has 2 aliphatic rings. The second-order valence-corrected chi connectivity index (χ2v) is 6.01. The van der Waals surface area contributed by atoms with Gasteiger partial charge in [0.2, 0.25) is 11.8 Å². The molecule has 1 aliphatic heterocycles. The van der Waals surface area contributed by atoms with E-state index in [4.69, 9.17) is 5.73 Å². The molecule has 5 nitrogen and oxygen atoms in total. The van der Waals surface area contributed by atoms with E-state index in [1.165, 1.54) is 25.7 Å². The van der Waals surface area contributed by atoms with E-state index in [1.807, 2.05) is 9.80 Å². The number of hydrogen-bond acceptors (Lipinski definition) is 3. The molecule has 6 heteroatoms. The zero-order valence-electron chi connectivity index (χ0n) is 12.8. The minimum atomic E-state index is 0. The summed E-state index contributed by atoms with van der Waals surface area (Å²) in [7, 11) is 0. The van der Waals surface area contributed by atoms with Crippen molar-refractivity contribution in [2.75, 3.05) is 32.7 Å². The summed E-state index contributed by atoms with van der Waals surface area (Å²) >= 11 is 0. The predicted octanol–water partition coefficient (Wildman–Crippen LogP) is 1.40. The molecule has 0 bridgehead atoms. The van der Waals surface area contributed by atoms with Gasteiger partial charge in [-0.05, 0) is 25.2 Å². The van der Waals surface area contributed by atoms with Crippen LogP contribution in [-0.4, -0.2) is 54.3 Å². The van der Waals surface area contributed by atoms with Gasteiger partial charge >= 0.3 is 0 Å². The summed E-state index contributed by atoms with van der Waals surface area (Å²) < 4.78 is 0. The van der Waals surface area contributed by atoms with Crippen LogP contribution >= 0.6 is 12.4 Å². The summed E-state index contributed by atoms with van der Waals surface area (Å²) in [6, 6.07) is 0. The number of amides is 2. The van der Waals surface area contributed by atoms with Crippen LogP contribution in [0.4, 0.5) is 0 Å². The van der Waals surface area contributed by atoms with Crippen molar-refractivity contribution >= 4 is 24.2 Å². The van der Waals surface area contributed by atoms with Gasteiger partial charge in [0.25, 0.3) is 0 Å². The average molecular weight is 318 g/mol. The molecule has 0 radical (unpaired) electrons. The highest BCUT2D eigenvalue weighted by Crippen LogP contribution is 2.28. The molecule has 1 saturated heterocycles. The monoisotopic (exact) mass is 317 g/mol. The summed E-state index contributed by atoms with van der Waals surface area (Å²) in [5.74, 6) is 1.00. The van der Waals surface area contributed by atoms with E-state index < -0.39 is 0 Å². The number of halogens is 1. The van der Waals surface area contributed by atoms with E-state index in [-0.39, 0.29) is 24.2 Å². The van der Waals surface area contributed by atoms with E-state index in [0.29, 0.717) is 38.4 Å². The molecule has 122 valence electrons. The van der Waals surface area contributed by atoms with E-state index in [9.17, 15) is 9.59 Å². The van der Waals surface area contributed by atoms with Crippen LogP contribution in [0.3, 0.4) is 0 Å². The number of hydrogen-bond donors (Lipinski definition) is 1. The molecule has 2 N–H and O–H groups in total. The molecule has 1 aliphatic carbocycles. The van der Waals surface area contributed by atoms with E-state index in [0.717, 1.165) is 19.5 Å². The van der Waals surface area contributed by atoms with Crippen molar-refractivity contribution in [3.8, 4) is 0 Å². The lowest BCUT2D eigenvalue weighted by Gasteiger charge is -2.23. The minimum Gasteiger partial charge on any atom is -0.341 e. The van der Waals surface area contributed by atoms with Crippen molar-refractivity contribution in [2.24, 2.45) is 11.7 Å². The van der Waals surface area contributed by atoms with Crippen molar-refractivity contribution in [2.45, 2.75) is 44.9 Å². The second-order valence-electron chi connectivity index (χ2n) is 6.01. The van der Waals surface area contributed by atoms with Gasteiger partial charge in [-0.25, -0.2) is 0 Å². The fraction of sp³-hybridized carbons (Fsp3) is 0.867. The van der Waals surface area contributed by atoms with Gasteiger partial charge in [-0.1, -0.05) is 12.8 Å². The third-order valence-corrected chi connectivity index (χ3v) is 4.50. The lowest BCUT2D eigenvalue weighted by Crippen LogP contribution is -2.38. The Hall–Kier alpha value is -0.810. The van der Waals surface area contributed by atoms with E-state index in [2.05, 4.69) is 0 Å². The molecular formula is C15H28ClN3O2. The van der Waals surface area contributed by atoms with Crippen LogP contribution < -0.4 is 5.73 Å². The molecule has 0 spiro atoms. The van der Waals surface area contributed by atoms with Gasteiger partial charge in [-0.15, -0.1) is 12.4 Å². The predicted molar refractivity (Wildman–Crippen MR) is 85.3 cm³/mol. The maximum absolute atomic E-state index is 12.3. The molecule has 0 aromatic carbocycles. The Morgan fingerprint density at radius 2 is 1.48 bits per heavy atom. The first kappa shape index (κ1) is 18.2. The van der Waals surface area contributed by atoms with Crippen molar-refractivity contribution < 1.29 is 9.59 Å². The lowest BCUT2D eigenvalue weighted by atomic mass is 10.0. The lowest BCUT2D eigenvalue weighted by molar-refractivity contribution is -0.134. The number of carbonyl (C=O) groups is 2. The summed E-state index contributed by atoms with van der Waals surface area (Å²) in [6.45, 7) is 3.29. The average Bonchev–Trinajstić information content (AvgIpc) is 2.80. The first-order valence-electron chi connectivity index (χ1n) is 7.96. The van der Waals surface area contributed by atoms with Gasteiger partial charge in [-0.2, -0.15) is 0 Å². The van der Waals surface area contributed by atoms with Gasteiger partial charge in [0.1, 0.15) is 0 Å². The molecule has 2 rings (SSSR count). The second kappa shape index (κ2) is 9.26. The van der Waals surface area contributed by atoms with Crippen LogP contribution in [0.1, 0.15) is 44.9 Å². The summed E-state index contributed by atoms with van der Waals surface area (Å²) in [5, 5.41) is 0. The van der Waals surface area contributed by atoms with Crippen molar-refractivity contribution in [3.63, 3.8) is 0 Å². The Bertz CT molecular complexity index is 346. The van der Waals surface area contributed by atoms with E-state index >= 15 is 0 Å². The Morgan fingerprint density at radius 3 is 2.05 bits per heavy atom. The van der Waals surface area contributed by atoms with Gasteiger partial charge in [-0.3, -0.25) is 9.59 Å². The van der Waals surface area contributed by atoms with Gasteiger partial charge in [0.05, 0.1) is 0 Å². The molecule has 0 atom stereocenters. The molecule has 0 unspecified atom stereocenters. The number of nitrogens with zero attached hydrogens (tertiary/aromatic N) is 2. The smallest absolute Gasteiger partial charge is 0.223 e. The molecule has 0 aromatic rings. The number of carbonyl (C=O) groups excluding carboxylic acids is 2. The Kier molecular flexibility index (Phi) is 8.04. The maximum atomic E-state index is 12.3. The summed E-state index contributed by atoms with van der Waals surface area (Å²) in [4.78, 5) is 28.0. The molecule has 1 saturated carbocycles. The van der Waals surface area contributed by atoms with Gasteiger partial charge < -0.3 is 15.5 Å². The molecular weight excluding hydrogens is 290 g/mol. The highest BCUT2D eigenvalue weighted by atomic mass is 35.5. The Morgan fingerprint density at radius 1 is 0.905 bits per heavy atom. The van der Waals surface area contributed by atoms with Crippen molar-refractivity contribution in [1.82, 2.24) is 9.80 Å².